The minimum Gasteiger partial charge on any atom is -0.386 e. The van der Waals surface area contributed by atoms with Gasteiger partial charge in [-0.05, 0) is 24.6 Å². The van der Waals surface area contributed by atoms with E-state index in [1.54, 1.807) is 13.1 Å². The summed E-state index contributed by atoms with van der Waals surface area (Å²) in [4.78, 5) is 16.9. The second-order valence-corrected chi connectivity index (χ2v) is 6.54. The highest BCUT2D eigenvalue weighted by molar-refractivity contribution is 7.13. The quantitative estimate of drug-likeness (QED) is 0.888. The molecule has 118 valence electrons. The SMILES string of the molecule is CC(C)c1ncc(C(=O)NC(C)C(O)c2ccc(F)cc2)s1. The van der Waals surface area contributed by atoms with Crippen molar-refractivity contribution in [1.29, 1.82) is 0 Å². The van der Waals surface area contributed by atoms with Gasteiger partial charge in [-0.2, -0.15) is 0 Å². The lowest BCUT2D eigenvalue weighted by atomic mass is 10.0. The molecule has 0 radical (unpaired) electrons. The largest absolute Gasteiger partial charge is 0.386 e. The summed E-state index contributed by atoms with van der Waals surface area (Å²) in [7, 11) is 0. The van der Waals surface area contributed by atoms with Crippen LogP contribution in [-0.2, 0) is 0 Å². The van der Waals surface area contributed by atoms with Crippen LogP contribution >= 0.6 is 11.3 Å². The van der Waals surface area contributed by atoms with Gasteiger partial charge in [0.15, 0.2) is 0 Å². The van der Waals surface area contributed by atoms with E-state index in [1.807, 2.05) is 13.8 Å². The normalized spacial score (nSPS) is 13.9. The zero-order chi connectivity index (χ0) is 16.3. The van der Waals surface area contributed by atoms with E-state index in [-0.39, 0.29) is 17.6 Å². The molecule has 1 aromatic heterocycles. The molecule has 0 aliphatic carbocycles. The zero-order valence-electron chi connectivity index (χ0n) is 12.7. The highest BCUT2D eigenvalue weighted by Crippen LogP contribution is 2.22. The third kappa shape index (κ3) is 3.90. The Balaban J connectivity index is 2.02. The van der Waals surface area contributed by atoms with Crippen LogP contribution in [0.3, 0.4) is 0 Å². The molecule has 2 rings (SSSR count). The molecule has 4 nitrogen and oxygen atoms in total. The predicted molar refractivity (Wildman–Crippen MR) is 84.5 cm³/mol. The van der Waals surface area contributed by atoms with Crippen LogP contribution in [0.25, 0.3) is 0 Å². The van der Waals surface area contributed by atoms with Gasteiger partial charge in [0, 0.05) is 5.92 Å². The third-order valence-corrected chi connectivity index (χ3v) is 4.58. The van der Waals surface area contributed by atoms with Crippen molar-refractivity contribution in [2.75, 3.05) is 0 Å². The summed E-state index contributed by atoms with van der Waals surface area (Å²) in [6, 6.07) is 5.08. The van der Waals surface area contributed by atoms with Gasteiger partial charge in [-0.15, -0.1) is 11.3 Å². The van der Waals surface area contributed by atoms with E-state index in [1.165, 1.54) is 35.6 Å². The van der Waals surface area contributed by atoms with E-state index in [0.29, 0.717) is 10.4 Å². The Kier molecular flexibility index (Phi) is 5.26. The van der Waals surface area contributed by atoms with Crippen molar-refractivity contribution in [2.24, 2.45) is 0 Å². The first kappa shape index (κ1) is 16.6. The lowest BCUT2D eigenvalue weighted by Crippen LogP contribution is -2.36. The predicted octanol–water partition coefficient (Wildman–Crippen LogP) is 3.26. The van der Waals surface area contributed by atoms with E-state index in [2.05, 4.69) is 10.3 Å². The zero-order valence-corrected chi connectivity index (χ0v) is 13.5. The van der Waals surface area contributed by atoms with Gasteiger partial charge in [-0.25, -0.2) is 9.37 Å². The smallest absolute Gasteiger partial charge is 0.263 e. The van der Waals surface area contributed by atoms with Crippen molar-refractivity contribution in [3.8, 4) is 0 Å². The van der Waals surface area contributed by atoms with Crippen molar-refractivity contribution in [3.05, 3.63) is 51.7 Å². The maximum absolute atomic E-state index is 12.9. The molecule has 2 N–H and O–H groups in total. The summed E-state index contributed by atoms with van der Waals surface area (Å²) >= 11 is 1.35. The number of aliphatic hydroxyl groups excluding tert-OH is 1. The van der Waals surface area contributed by atoms with E-state index in [9.17, 15) is 14.3 Å². The first-order valence-electron chi connectivity index (χ1n) is 7.08. The maximum atomic E-state index is 12.9. The maximum Gasteiger partial charge on any atom is 0.263 e. The van der Waals surface area contributed by atoms with Gasteiger partial charge in [-0.1, -0.05) is 26.0 Å². The minimum atomic E-state index is -0.901. The molecule has 2 aromatic rings. The van der Waals surface area contributed by atoms with Crippen molar-refractivity contribution < 1.29 is 14.3 Å². The molecule has 2 unspecified atom stereocenters. The van der Waals surface area contributed by atoms with Crippen LogP contribution in [-0.4, -0.2) is 22.0 Å². The van der Waals surface area contributed by atoms with E-state index >= 15 is 0 Å². The Morgan fingerprint density at radius 1 is 1.27 bits per heavy atom. The number of halogens is 1. The number of aromatic nitrogens is 1. The minimum absolute atomic E-state index is 0.266. The molecule has 2 atom stereocenters. The van der Waals surface area contributed by atoms with Crippen molar-refractivity contribution in [3.63, 3.8) is 0 Å². The molecule has 0 bridgehead atoms. The van der Waals surface area contributed by atoms with Gasteiger partial charge < -0.3 is 10.4 Å². The Labute approximate surface area is 133 Å². The van der Waals surface area contributed by atoms with Gasteiger partial charge >= 0.3 is 0 Å². The molecule has 1 aromatic carbocycles. The Morgan fingerprint density at radius 3 is 2.45 bits per heavy atom. The van der Waals surface area contributed by atoms with Gasteiger partial charge in [0.25, 0.3) is 5.91 Å². The third-order valence-electron chi connectivity index (χ3n) is 3.29. The monoisotopic (exact) mass is 322 g/mol. The molecule has 0 saturated carbocycles. The molecule has 0 saturated heterocycles. The summed E-state index contributed by atoms with van der Waals surface area (Å²) in [5.74, 6) is -0.356. The number of nitrogens with one attached hydrogen (secondary N) is 1. The number of benzene rings is 1. The molecule has 1 heterocycles. The highest BCUT2D eigenvalue weighted by Gasteiger charge is 2.20. The topological polar surface area (TPSA) is 62.2 Å². The van der Waals surface area contributed by atoms with Gasteiger partial charge in [0.2, 0.25) is 0 Å². The highest BCUT2D eigenvalue weighted by atomic mass is 32.1. The van der Waals surface area contributed by atoms with Crippen LogP contribution < -0.4 is 5.32 Å². The van der Waals surface area contributed by atoms with Gasteiger partial charge in [-0.3, -0.25) is 4.79 Å². The molecule has 0 aliphatic heterocycles. The fourth-order valence-electron chi connectivity index (χ4n) is 1.96. The number of hydrogen-bond donors (Lipinski definition) is 2. The lowest BCUT2D eigenvalue weighted by Gasteiger charge is -2.20. The molecular weight excluding hydrogens is 303 g/mol. The summed E-state index contributed by atoms with van der Waals surface area (Å²) < 4.78 is 12.9. The van der Waals surface area contributed by atoms with Gasteiger partial charge in [0.05, 0.1) is 23.4 Å². The van der Waals surface area contributed by atoms with E-state index < -0.39 is 12.1 Å². The van der Waals surface area contributed by atoms with Crippen LogP contribution in [0.1, 0.15) is 53.0 Å². The van der Waals surface area contributed by atoms with Crippen LogP contribution in [0.15, 0.2) is 30.5 Å². The number of hydrogen-bond acceptors (Lipinski definition) is 4. The second-order valence-electron chi connectivity index (χ2n) is 5.48. The summed E-state index contributed by atoms with van der Waals surface area (Å²) in [5.41, 5.74) is 0.557. The Bertz CT molecular complexity index is 640. The number of aliphatic hydroxyl groups is 1. The summed E-state index contributed by atoms with van der Waals surface area (Å²) in [5, 5.41) is 13.9. The average molecular weight is 322 g/mol. The molecule has 1 amide bonds. The average Bonchev–Trinajstić information content (AvgIpc) is 2.97. The second kappa shape index (κ2) is 6.98. The van der Waals surface area contributed by atoms with Gasteiger partial charge in [0.1, 0.15) is 10.7 Å². The van der Waals surface area contributed by atoms with Crippen LogP contribution in [0.5, 0.6) is 0 Å². The number of thiazole rings is 1. The van der Waals surface area contributed by atoms with Crippen molar-refractivity contribution >= 4 is 17.2 Å². The molecule has 6 heteroatoms. The first-order chi connectivity index (χ1) is 10.4. The first-order valence-corrected chi connectivity index (χ1v) is 7.90. The van der Waals surface area contributed by atoms with Crippen molar-refractivity contribution in [1.82, 2.24) is 10.3 Å². The molecule has 22 heavy (non-hydrogen) atoms. The number of amides is 1. The fraction of sp³-hybridized carbons (Fsp3) is 0.375. The molecular formula is C16H19FN2O2S. The van der Waals surface area contributed by atoms with Crippen LogP contribution in [0, 0.1) is 5.82 Å². The van der Waals surface area contributed by atoms with E-state index in [0.717, 1.165) is 5.01 Å². The van der Waals surface area contributed by atoms with Crippen molar-refractivity contribution in [2.45, 2.75) is 38.8 Å². The molecule has 0 fully saturated rings. The Hall–Kier alpha value is -1.79. The standard InChI is InChI=1S/C16H19FN2O2S/c1-9(2)16-18-8-13(22-16)15(21)19-10(3)14(20)11-4-6-12(17)7-5-11/h4-10,14,20H,1-3H3,(H,19,21). The number of carbonyl (C=O) groups is 1. The summed E-state index contributed by atoms with van der Waals surface area (Å²) in [6.07, 6.45) is 0.647. The van der Waals surface area contributed by atoms with E-state index in [4.69, 9.17) is 0 Å². The number of carbonyl (C=O) groups excluding carboxylic acids is 1. The Morgan fingerprint density at radius 2 is 1.91 bits per heavy atom. The number of nitrogens with zero attached hydrogens (tertiary/aromatic N) is 1. The number of rotatable bonds is 5. The molecule has 0 spiro atoms. The summed E-state index contributed by atoms with van der Waals surface area (Å²) in [6.45, 7) is 5.74. The lowest BCUT2D eigenvalue weighted by molar-refractivity contribution is 0.0855. The van der Waals surface area contributed by atoms with Crippen LogP contribution in [0.4, 0.5) is 4.39 Å². The fourth-order valence-corrected chi connectivity index (χ4v) is 2.79. The van der Waals surface area contributed by atoms with Crippen LogP contribution in [0.2, 0.25) is 0 Å². The molecule has 0 aliphatic rings.